The first-order chi connectivity index (χ1) is 13.3. The molecule has 0 radical (unpaired) electrons. The number of hydrogen-bond acceptors (Lipinski definition) is 5. The van der Waals surface area contributed by atoms with Gasteiger partial charge in [-0.1, -0.05) is 30.3 Å². The third-order valence-corrected chi connectivity index (χ3v) is 6.02. The number of nitrogens with one attached hydrogen (secondary N) is 2. The molecule has 2 N–H and O–H groups in total. The molecule has 1 saturated heterocycles. The molecular formula is C21H26N4OS. The second-order valence-corrected chi connectivity index (χ2v) is 8.17. The van der Waals surface area contributed by atoms with Crippen LogP contribution in [0.2, 0.25) is 0 Å². The zero-order valence-electron chi connectivity index (χ0n) is 15.6. The summed E-state index contributed by atoms with van der Waals surface area (Å²) in [5.41, 5.74) is 2.22. The van der Waals surface area contributed by atoms with Crippen molar-refractivity contribution in [2.24, 2.45) is 0 Å². The molecule has 0 bridgehead atoms. The van der Waals surface area contributed by atoms with Gasteiger partial charge in [0, 0.05) is 29.4 Å². The highest BCUT2D eigenvalue weighted by Crippen LogP contribution is 2.28. The van der Waals surface area contributed by atoms with Crippen LogP contribution in [0.1, 0.15) is 21.6 Å². The predicted molar refractivity (Wildman–Crippen MR) is 110 cm³/mol. The molecule has 4 rings (SSSR count). The molecule has 1 unspecified atom stereocenters. The normalized spacial score (nSPS) is 16.5. The number of nitrogens with zero attached hydrogens (tertiary/aromatic N) is 2. The zero-order valence-corrected chi connectivity index (χ0v) is 16.5. The van der Waals surface area contributed by atoms with Crippen molar-refractivity contribution < 1.29 is 4.74 Å². The van der Waals surface area contributed by atoms with E-state index in [1.54, 1.807) is 0 Å². The van der Waals surface area contributed by atoms with Crippen molar-refractivity contribution in [3.05, 3.63) is 64.2 Å². The minimum Gasteiger partial charge on any atom is -0.379 e. The second kappa shape index (κ2) is 8.80. The van der Waals surface area contributed by atoms with Gasteiger partial charge in [0.1, 0.15) is 5.82 Å². The van der Waals surface area contributed by atoms with Crippen LogP contribution in [0.4, 0.5) is 0 Å². The number of hydrogen-bond donors (Lipinski definition) is 2. The van der Waals surface area contributed by atoms with Gasteiger partial charge in [-0.25, -0.2) is 4.98 Å². The fourth-order valence-corrected chi connectivity index (χ4v) is 4.49. The number of aromatic amines is 1. The number of H-pyrrole nitrogens is 1. The van der Waals surface area contributed by atoms with Crippen LogP contribution in [0.15, 0.2) is 48.7 Å². The number of aromatic nitrogens is 2. The second-order valence-electron chi connectivity index (χ2n) is 6.85. The summed E-state index contributed by atoms with van der Waals surface area (Å²) in [5.74, 6) is 0.969. The van der Waals surface area contributed by atoms with Crippen LogP contribution in [0, 0.1) is 6.92 Å². The van der Waals surface area contributed by atoms with Gasteiger partial charge in [0.05, 0.1) is 37.7 Å². The lowest BCUT2D eigenvalue weighted by Gasteiger charge is -2.34. The summed E-state index contributed by atoms with van der Waals surface area (Å²) in [5, 5.41) is 3.60. The highest BCUT2D eigenvalue weighted by Gasteiger charge is 2.23. The lowest BCUT2D eigenvalue weighted by Crippen LogP contribution is -2.42. The molecule has 1 atom stereocenters. The van der Waals surface area contributed by atoms with E-state index < -0.39 is 0 Å². The maximum atomic E-state index is 5.54. The van der Waals surface area contributed by atoms with Crippen molar-refractivity contribution in [2.45, 2.75) is 19.5 Å². The molecule has 5 nitrogen and oxygen atoms in total. The highest BCUT2D eigenvalue weighted by molar-refractivity contribution is 7.12. The SMILES string of the molecule is Cc1ccc(C(CNCc2ncc(-c3ccccc3)[nH]2)N2CCOCC2)s1. The van der Waals surface area contributed by atoms with Crippen LogP contribution in [0.25, 0.3) is 11.3 Å². The van der Waals surface area contributed by atoms with E-state index in [2.05, 4.69) is 51.4 Å². The molecule has 27 heavy (non-hydrogen) atoms. The van der Waals surface area contributed by atoms with E-state index in [1.807, 2.05) is 35.7 Å². The Bertz CT molecular complexity index is 839. The third-order valence-electron chi connectivity index (χ3n) is 4.92. The number of benzene rings is 1. The topological polar surface area (TPSA) is 53.2 Å². The van der Waals surface area contributed by atoms with Gasteiger partial charge < -0.3 is 15.0 Å². The fraction of sp³-hybridized carbons (Fsp3) is 0.381. The number of thiophene rings is 1. The Balaban J connectivity index is 1.38. The van der Waals surface area contributed by atoms with E-state index in [4.69, 9.17) is 4.74 Å². The first kappa shape index (κ1) is 18.4. The smallest absolute Gasteiger partial charge is 0.120 e. The molecule has 2 aromatic heterocycles. The molecule has 0 saturated carbocycles. The molecule has 1 aliphatic heterocycles. The van der Waals surface area contributed by atoms with Gasteiger partial charge >= 0.3 is 0 Å². The van der Waals surface area contributed by atoms with Crippen molar-refractivity contribution in [3.63, 3.8) is 0 Å². The highest BCUT2D eigenvalue weighted by atomic mass is 32.1. The Kier molecular flexibility index (Phi) is 5.99. The molecule has 1 aliphatic rings. The predicted octanol–water partition coefficient (Wildman–Crippen LogP) is 3.61. The zero-order chi connectivity index (χ0) is 18.5. The van der Waals surface area contributed by atoms with Crippen LogP contribution in [0.5, 0.6) is 0 Å². The Morgan fingerprint density at radius 2 is 2.00 bits per heavy atom. The molecule has 1 aromatic carbocycles. The van der Waals surface area contributed by atoms with Gasteiger partial charge in [-0.15, -0.1) is 11.3 Å². The average Bonchev–Trinajstić information content (AvgIpc) is 3.36. The van der Waals surface area contributed by atoms with Gasteiger partial charge in [0.2, 0.25) is 0 Å². The minimum atomic E-state index is 0.385. The third kappa shape index (κ3) is 4.65. The van der Waals surface area contributed by atoms with Crippen molar-refractivity contribution >= 4 is 11.3 Å². The van der Waals surface area contributed by atoms with Crippen molar-refractivity contribution in [3.8, 4) is 11.3 Å². The van der Waals surface area contributed by atoms with Gasteiger partial charge in [-0.3, -0.25) is 4.90 Å². The Morgan fingerprint density at radius 3 is 2.74 bits per heavy atom. The van der Waals surface area contributed by atoms with Crippen molar-refractivity contribution in [1.82, 2.24) is 20.2 Å². The summed E-state index contributed by atoms with van der Waals surface area (Å²) in [6.07, 6.45) is 1.91. The number of rotatable bonds is 7. The summed E-state index contributed by atoms with van der Waals surface area (Å²) in [6, 6.07) is 15.2. The fourth-order valence-electron chi connectivity index (χ4n) is 3.48. The van der Waals surface area contributed by atoms with E-state index >= 15 is 0 Å². The Hall–Kier alpha value is -1.99. The lowest BCUT2D eigenvalue weighted by atomic mass is 10.2. The molecule has 142 valence electrons. The van der Waals surface area contributed by atoms with Crippen molar-refractivity contribution in [1.29, 1.82) is 0 Å². The molecule has 3 heterocycles. The Labute approximate surface area is 164 Å². The van der Waals surface area contributed by atoms with E-state index in [0.717, 1.165) is 56.5 Å². The molecule has 0 aliphatic carbocycles. The molecule has 1 fully saturated rings. The molecule has 0 amide bonds. The summed E-state index contributed by atoms with van der Waals surface area (Å²) < 4.78 is 5.54. The van der Waals surface area contributed by atoms with E-state index in [1.165, 1.54) is 9.75 Å². The summed E-state index contributed by atoms with van der Waals surface area (Å²) in [4.78, 5) is 13.3. The van der Waals surface area contributed by atoms with Crippen LogP contribution >= 0.6 is 11.3 Å². The van der Waals surface area contributed by atoms with E-state index in [-0.39, 0.29) is 0 Å². The first-order valence-corrected chi connectivity index (χ1v) is 10.3. The van der Waals surface area contributed by atoms with Gasteiger partial charge in [-0.2, -0.15) is 0 Å². The monoisotopic (exact) mass is 382 g/mol. The van der Waals surface area contributed by atoms with Crippen LogP contribution < -0.4 is 5.32 Å². The quantitative estimate of drug-likeness (QED) is 0.655. The molecular weight excluding hydrogens is 356 g/mol. The van der Waals surface area contributed by atoms with Crippen LogP contribution in [0.3, 0.4) is 0 Å². The largest absolute Gasteiger partial charge is 0.379 e. The van der Waals surface area contributed by atoms with Crippen LogP contribution in [-0.2, 0) is 11.3 Å². The van der Waals surface area contributed by atoms with Crippen molar-refractivity contribution in [2.75, 3.05) is 32.8 Å². The van der Waals surface area contributed by atoms with Gasteiger partial charge in [-0.05, 0) is 24.6 Å². The lowest BCUT2D eigenvalue weighted by molar-refractivity contribution is 0.0168. The number of imidazole rings is 1. The van der Waals surface area contributed by atoms with Gasteiger partial charge in [0.15, 0.2) is 0 Å². The molecule has 6 heteroatoms. The standard InChI is InChI=1S/C21H26N4OS/c1-16-7-8-20(27-16)19(25-9-11-26-12-10-25)14-22-15-21-23-13-18(24-21)17-5-3-2-4-6-17/h2-8,13,19,22H,9-12,14-15H2,1H3,(H,23,24). The Morgan fingerprint density at radius 1 is 1.19 bits per heavy atom. The maximum absolute atomic E-state index is 5.54. The maximum Gasteiger partial charge on any atom is 0.120 e. The first-order valence-electron chi connectivity index (χ1n) is 9.48. The van der Waals surface area contributed by atoms with Gasteiger partial charge in [0.25, 0.3) is 0 Å². The number of aryl methyl sites for hydroxylation is 1. The number of morpholine rings is 1. The summed E-state index contributed by atoms with van der Waals surface area (Å²) in [7, 11) is 0. The molecule has 0 spiro atoms. The summed E-state index contributed by atoms with van der Waals surface area (Å²) >= 11 is 1.89. The number of ether oxygens (including phenoxy) is 1. The molecule has 3 aromatic rings. The van der Waals surface area contributed by atoms with E-state index in [0.29, 0.717) is 6.04 Å². The minimum absolute atomic E-state index is 0.385. The summed E-state index contributed by atoms with van der Waals surface area (Å²) in [6.45, 7) is 7.43. The van der Waals surface area contributed by atoms with Crippen LogP contribution in [-0.4, -0.2) is 47.7 Å². The van der Waals surface area contributed by atoms with E-state index in [9.17, 15) is 0 Å². The average molecular weight is 383 g/mol.